The summed E-state index contributed by atoms with van der Waals surface area (Å²) in [4.78, 5) is 0. The van der Waals surface area contributed by atoms with E-state index in [4.69, 9.17) is 12.7 Å². The van der Waals surface area contributed by atoms with Gasteiger partial charge < -0.3 is 0 Å². The molecule has 0 unspecified atom stereocenters. The monoisotopic (exact) mass is 540 g/mol. The van der Waals surface area contributed by atoms with E-state index in [0.29, 0.717) is 0 Å². The van der Waals surface area contributed by atoms with Gasteiger partial charge in [-0.25, -0.2) is 0 Å². The molecular weight excluding hydrogens is 480 g/mol. The van der Waals surface area contributed by atoms with Crippen LogP contribution in [-0.2, 0) is 30.8 Å². The van der Waals surface area contributed by atoms with Gasteiger partial charge in [-0.1, -0.05) is 0 Å². The molecule has 0 atom stereocenters. The summed E-state index contributed by atoms with van der Waals surface area (Å²) in [6.45, 7) is 13.8. The molecule has 0 N–H and O–H groups in total. The molecule has 0 rings (SSSR count). The normalized spacial score (nSPS) is 13.1. The van der Waals surface area contributed by atoms with Crippen LogP contribution >= 0.6 is 0 Å². The first kappa shape index (κ1) is 34.0. The average Bonchev–Trinajstić information content (AvgIpc) is 2.85. The summed E-state index contributed by atoms with van der Waals surface area (Å²) in [6.07, 6.45) is 14.8. The van der Waals surface area contributed by atoms with Gasteiger partial charge in [-0.15, -0.1) is 0 Å². The van der Waals surface area contributed by atoms with Crippen molar-refractivity contribution in [2.75, 3.05) is 14.2 Å². The van der Waals surface area contributed by atoms with Gasteiger partial charge in [0, 0.05) is 0 Å². The van der Waals surface area contributed by atoms with Gasteiger partial charge in [-0.05, 0) is 0 Å². The van der Waals surface area contributed by atoms with E-state index in [9.17, 15) is 0 Å². The fourth-order valence-corrected chi connectivity index (χ4v) is 24.8. The first-order chi connectivity index (χ1) is 15.9. The van der Waals surface area contributed by atoms with E-state index >= 15 is 0 Å². The summed E-state index contributed by atoms with van der Waals surface area (Å²) < 4.78 is 27.2. The van der Waals surface area contributed by atoms with Crippen LogP contribution in [-0.4, -0.2) is 30.9 Å². The van der Waals surface area contributed by atoms with Crippen LogP contribution in [0.15, 0.2) is 0 Å². The topological polar surface area (TPSA) is 36.9 Å². The third-order valence-electron chi connectivity index (χ3n) is 7.10. The summed E-state index contributed by atoms with van der Waals surface area (Å²) in [7, 11) is -0.385. The quantitative estimate of drug-likeness (QED) is 0.114. The van der Waals surface area contributed by atoms with E-state index < -0.39 is 34.8 Å². The standard InChI is InChI=1S/2C12H27OSi.2CH3O.Ti/c2*1-4-7-10-14(13,11-8-5-2)12-9-6-3;2*1-2;/h2*4-12H2,1-3H3;2*1H3;/q4*-1;+4. The molecule has 0 aliphatic rings. The molecule has 0 heterocycles. The molecule has 0 aliphatic carbocycles. The fraction of sp³-hybridized carbons (Fsp3) is 1.00. The predicted molar refractivity (Wildman–Crippen MR) is 146 cm³/mol. The Kier molecular flexibility index (Phi) is 20.7. The molecule has 0 aromatic rings. The van der Waals surface area contributed by atoms with Crippen molar-refractivity contribution >= 4 is 16.6 Å². The average molecular weight is 541 g/mol. The van der Waals surface area contributed by atoms with Crippen molar-refractivity contribution in [1.82, 2.24) is 0 Å². The Labute approximate surface area is 215 Å². The summed E-state index contributed by atoms with van der Waals surface area (Å²) >= 11 is -3.84. The van der Waals surface area contributed by atoms with Gasteiger partial charge in [-0.3, -0.25) is 0 Å². The fourth-order valence-electron chi connectivity index (χ4n) is 4.85. The minimum atomic E-state index is -3.84. The van der Waals surface area contributed by atoms with Crippen molar-refractivity contribution in [3.05, 3.63) is 0 Å². The van der Waals surface area contributed by atoms with Crippen LogP contribution in [0, 0.1) is 0 Å². The van der Waals surface area contributed by atoms with Crippen LogP contribution in [0.5, 0.6) is 0 Å². The number of unbranched alkanes of at least 4 members (excludes halogenated alkanes) is 6. The van der Waals surface area contributed by atoms with E-state index in [1.54, 1.807) is 14.2 Å². The molecule has 0 radical (unpaired) electrons. The van der Waals surface area contributed by atoms with Crippen LogP contribution in [0.4, 0.5) is 0 Å². The van der Waals surface area contributed by atoms with Crippen LogP contribution < -0.4 is 0 Å². The summed E-state index contributed by atoms with van der Waals surface area (Å²) in [5, 5.41) is 0. The second-order valence-electron chi connectivity index (χ2n) is 10.1. The van der Waals surface area contributed by atoms with E-state index in [0.717, 1.165) is 0 Å². The molecule has 33 heavy (non-hydrogen) atoms. The second-order valence-corrected chi connectivity index (χ2v) is 23.0. The molecule has 0 saturated carbocycles. The first-order valence-corrected chi connectivity index (χ1v) is 22.0. The van der Waals surface area contributed by atoms with Crippen LogP contribution in [0.3, 0.4) is 0 Å². The Hall–Kier alpha value is 0.988. The molecule has 0 spiro atoms. The Bertz CT molecular complexity index is 370. The van der Waals surface area contributed by atoms with E-state index in [1.165, 1.54) is 113 Å². The first-order valence-electron chi connectivity index (χ1n) is 14.4. The zero-order valence-corrected chi connectivity index (χ0v) is 27.4. The molecule has 200 valence electrons. The maximum atomic E-state index is 7.32. The number of hydrogen-bond donors (Lipinski definition) is 0. The maximum absolute atomic E-state index is 7.32. The van der Waals surface area contributed by atoms with Crippen LogP contribution in [0.1, 0.15) is 119 Å². The molecule has 0 aromatic carbocycles. The zero-order valence-electron chi connectivity index (χ0n) is 23.9. The van der Waals surface area contributed by atoms with Crippen molar-refractivity contribution in [2.24, 2.45) is 0 Å². The Morgan fingerprint density at radius 2 is 0.636 bits per heavy atom. The Morgan fingerprint density at radius 3 is 0.788 bits per heavy atom. The van der Waals surface area contributed by atoms with Gasteiger partial charge in [0.2, 0.25) is 0 Å². The molecule has 0 amide bonds. The van der Waals surface area contributed by atoms with Gasteiger partial charge in [0.1, 0.15) is 0 Å². The van der Waals surface area contributed by atoms with E-state index in [-0.39, 0.29) is 0 Å². The second kappa shape index (κ2) is 20.1. The molecule has 0 saturated heterocycles. The summed E-state index contributed by atoms with van der Waals surface area (Å²) in [5.74, 6) is 0. The molecule has 7 heteroatoms. The van der Waals surface area contributed by atoms with Gasteiger partial charge in [0.05, 0.1) is 0 Å². The Morgan fingerprint density at radius 1 is 0.424 bits per heavy atom. The van der Waals surface area contributed by atoms with Crippen molar-refractivity contribution < 1.29 is 30.8 Å². The third-order valence-corrected chi connectivity index (χ3v) is 24.0. The van der Waals surface area contributed by atoms with Crippen LogP contribution in [0.2, 0.25) is 36.3 Å². The molecule has 0 fully saturated rings. The molecular formula is C26H60O4Si2Ti. The Balaban J connectivity index is 6.17. The van der Waals surface area contributed by atoms with Gasteiger partial charge >= 0.3 is 217 Å². The molecule has 0 bridgehead atoms. The molecule has 0 aliphatic heterocycles. The van der Waals surface area contributed by atoms with Crippen molar-refractivity contribution in [2.45, 2.75) is 155 Å². The van der Waals surface area contributed by atoms with Gasteiger partial charge in [0.25, 0.3) is 0 Å². The molecule has 0 aromatic heterocycles. The zero-order chi connectivity index (χ0) is 25.1. The van der Waals surface area contributed by atoms with Gasteiger partial charge in [-0.2, -0.15) is 0 Å². The number of hydrogen-bond acceptors (Lipinski definition) is 4. The number of rotatable bonds is 24. The van der Waals surface area contributed by atoms with Crippen molar-refractivity contribution in [1.29, 1.82) is 0 Å². The van der Waals surface area contributed by atoms with Crippen LogP contribution in [0.25, 0.3) is 0 Å². The predicted octanol–water partition coefficient (Wildman–Crippen LogP) is 9.82. The van der Waals surface area contributed by atoms with Crippen molar-refractivity contribution in [3.8, 4) is 0 Å². The van der Waals surface area contributed by atoms with E-state index in [2.05, 4.69) is 41.5 Å². The van der Waals surface area contributed by atoms with Crippen molar-refractivity contribution in [3.63, 3.8) is 0 Å². The van der Waals surface area contributed by atoms with E-state index in [1.807, 2.05) is 0 Å². The minimum absolute atomic E-state index is 1.22. The summed E-state index contributed by atoms with van der Waals surface area (Å²) in [5.41, 5.74) is 0. The SMILES string of the molecule is CCCC[Si](CCCC)(CCCC)[O][Ti]([O]C)([O]C)[O][Si](CCCC)(CCCC)CCCC. The summed E-state index contributed by atoms with van der Waals surface area (Å²) in [6, 6.07) is 7.33. The molecule has 4 nitrogen and oxygen atoms in total. The van der Waals surface area contributed by atoms with Gasteiger partial charge in [0.15, 0.2) is 0 Å². The third kappa shape index (κ3) is 13.2.